The number of hydrogen-bond acceptors (Lipinski definition) is 0. The van der Waals surface area contributed by atoms with Crippen molar-refractivity contribution < 1.29 is 0 Å². The Hall–Kier alpha value is -6.50. The molecule has 0 N–H and O–H groups in total. The first kappa shape index (κ1) is 36.6. The van der Waals surface area contributed by atoms with Gasteiger partial charge in [-0.15, -0.1) is 0 Å². The molecule has 0 bridgehead atoms. The summed E-state index contributed by atoms with van der Waals surface area (Å²) in [6.45, 7) is 2.44. The van der Waals surface area contributed by atoms with Gasteiger partial charge in [0, 0.05) is 23.7 Å². The van der Waals surface area contributed by atoms with Crippen molar-refractivity contribution in [1.82, 2.24) is 0 Å². The summed E-state index contributed by atoms with van der Waals surface area (Å²) >= 11 is 0. The molecule has 0 aliphatic heterocycles. The smallest absolute Gasteiger partial charge is 0.0139 e. The normalized spacial score (nSPS) is 18.1. The Kier molecular flexibility index (Phi) is 9.50. The van der Waals surface area contributed by atoms with E-state index in [9.17, 15) is 0 Å². The van der Waals surface area contributed by atoms with Crippen molar-refractivity contribution in [2.75, 3.05) is 0 Å². The Bertz CT molecular complexity index is 2800. The summed E-state index contributed by atoms with van der Waals surface area (Å²) in [5.74, 6) is 1.26. The lowest BCUT2D eigenvalue weighted by Gasteiger charge is -2.38. The molecule has 0 aromatic heterocycles. The van der Waals surface area contributed by atoms with Crippen LogP contribution < -0.4 is 0 Å². The van der Waals surface area contributed by atoms with E-state index in [2.05, 4.69) is 207 Å². The lowest BCUT2D eigenvalue weighted by Crippen LogP contribution is -2.22. The summed E-state index contributed by atoms with van der Waals surface area (Å²) in [6.07, 6.45) is 10.5. The van der Waals surface area contributed by atoms with Gasteiger partial charge in [0.1, 0.15) is 0 Å². The molecule has 60 heavy (non-hydrogen) atoms. The molecule has 290 valence electrons. The van der Waals surface area contributed by atoms with Crippen molar-refractivity contribution in [1.29, 1.82) is 0 Å². The average Bonchev–Trinajstić information content (AvgIpc) is 3.33. The molecular formula is C60H50. The second kappa shape index (κ2) is 15.6. The Balaban J connectivity index is 1.00. The molecule has 3 unspecified atom stereocenters. The molecular weight excluding hydrogens is 721 g/mol. The molecule has 8 aromatic rings. The zero-order valence-electron chi connectivity index (χ0n) is 34.4. The molecule has 0 radical (unpaired) electrons. The summed E-state index contributed by atoms with van der Waals surface area (Å²) in [4.78, 5) is 0. The van der Waals surface area contributed by atoms with E-state index >= 15 is 0 Å². The van der Waals surface area contributed by atoms with E-state index in [1.807, 2.05) is 0 Å². The molecule has 0 spiro atoms. The number of rotatable bonds is 8. The van der Waals surface area contributed by atoms with Crippen molar-refractivity contribution in [3.8, 4) is 44.5 Å². The van der Waals surface area contributed by atoms with Crippen LogP contribution in [0.2, 0.25) is 0 Å². The summed E-state index contributed by atoms with van der Waals surface area (Å²) in [6, 6.07) is 71.3. The van der Waals surface area contributed by atoms with Crippen molar-refractivity contribution in [3.63, 3.8) is 0 Å². The van der Waals surface area contributed by atoms with E-state index in [-0.39, 0.29) is 17.8 Å². The first-order chi connectivity index (χ1) is 29.7. The second-order valence-electron chi connectivity index (χ2n) is 17.4. The highest BCUT2D eigenvalue weighted by Gasteiger charge is 2.36. The molecule has 0 nitrogen and oxygen atoms in total. The second-order valence-corrected chi connectivity index (χ2v) is 17.4. The third kappa shape index (κ3) is 6.65. The Morgan fingerprint density at radius 2 is 0.950 bits per heavy atom. The van der Waals surface area contributed by atoms with Gasteiger partial charge in [0.05, 0.1) is 0 Å². The van der Waals surface area contributed by atoms with Gasteiger partial charge in [-0.2, -0.15) is 0 Å². The molecule has 0 saturated heterocycles. The lowest BCUT2D eigenvalue weighted by molar-refractivity contribution is 0.653. The molecule has 11 rings (SSSR count). The number of hydrogen-bond donors (Lipinski definition) is 0. The number of allylic oxidation sites excluding steroid dienone is 2. The first-order valence-electron chi connectivity index (χ1n) is 22.1. The van der Waals surface area contributed by atoms with Gasteiger partial charge in [0.2, 0.25) is 0 Å². The molecule has 3 aliphatic rings. The highest BCUT2D eigenvalue weighted by Crippen LogP contribution is 2.53. The van der Waals surface area contributed by atoms with Crippen LogP contribution in [-0.2, 0) is 12.8 Å². The quantitative estimate of drug-likeness (QED) is 0.135. The van der Waals surface area contributed by atoms with Gasteiger partial charge in [-0.05, 0) is 133 Å². The van der Waals surface area contributed by atoms with Crippen molar-refractivity contribution in [3.05, 3.63) is 250 Å². The minimum atomic E-state index is 0.239. The van der Waals surface area contributed by atoms with Crippen molar-refractivity contribution in [2.24, 2.45) is 0 Å². The fourth-order valence-corrected chi connectivity index (χ4v) is 10.9. The maximum atomic E-state index is 2.52. The van der Waals surface area contributed by atoms with Crippen LogP contribution >= 0.6 is 0 Å². The van der Waals surface area contributed by atoms with E-state index in [4.69, 9.17) is 0 Å². The largest absolute Gasteiger partial charge is 0.0879 e. The zero-order chi connectivity index (χ0) is 40.0. The Morgan fingerprint density at radius 3 is 1.55 bits per heavy atom. The van der Waals surface area contributed by atoms with Crippen molar-refractivity contribution >= 4 is 0 Å². The third-order valence-corrected chi connectivity index (χ3v) is 13.9. The molecule has 0 fully saturated rings. The Morgan fingerprint density at radius 1 is 0.433 bits per heavy atom. The van der Waals surface area contributed by atoms with Crippen LogP contribution in [0.25, 0.3) is 44.5 Å². The predicted octanol–water partition coefficient (Wildman–Crippen LogP) is 15.7. The fraction of sp³-hybridized carbons (Fsp3) is 0.167. The third-order valence-electron chi connectivity index (χ3n) is 13.9. The molecule has 0 heterocycles. The van der Waals surface area contributed by atoms with E-state index in [0.29, 0.717) is 5.92 Å². The van der Waals surface area contributed by atoms with Crippen LogP contribution in [0.1, 0.15) is 99.9 Å². The van der Waals surface area contributed by atoms with Gasteiger partial charge in [0.15, 0.2) is 0 Å². The SMILES string of the molecule is C[C@@H](c1cc(-c2ccccc2)cc(C2C=CCCC2)c1)c1ccccc1C1Cc2cccc3c2-c2c(cccc21)CC3c1cc(-c2ccccc2)cc(-c2ccccc2)c1. The topological polar surface area (TPSA) is 0 Å². The summed E-state index contributed by atoms with van der Waals surface area (Å²) in [5.41, 5.74) is 23.7. The monoisotopic (exact) mass is 770 g/mol. The number of benzene rings is 8. The first-order valence-corrected chi connectivity index (χ1v) is 22.1. The van der Waals surface area contributed by atoms with Crippen LogP contribution in [0, 0.1) is 0 Å². The van der Waals surface area contributed by atoms with Crippen LogP contribution in [0.3, 0.4) is 0 Å². The van der Waals surface area contributed by atoms with E-state index in [0.717, 1.165) is 12.8 Å². The highest BCUT2D eigenvalue weighted by atomic mass is 14.4. The van der Waals surface area contributed by atoms with Gasteiger partial charge in [-0.3, -0.25) is 0 Å². The zero-order valence-corrected chi connectivity index (χ0v) is 34.4. The van der Waals surface area contributed by atoms with Gasteiger partial charge in [0.25, 0.3) is 0 Å². The minimum Gasteiger partial charge on any atom is -0.0879 e. The standard InChI is InChI=1S/C60H50/c1-40(47-32-48(41-18-6-2-7-19-41)34-49(33-47)42-20-8-3-9-21-42)53-28-14-15-29-54(53)58-39-46-27-16-30-55-57(38-45-26-17-31-56(58)60(45)59(46)55)52-36-50(43-22-10-4-11-23-43)35-51(37-52)44-24-12-5-13-25-44/h2,4-8,10-20,22-37,40,42,57-58H,3,9,21,38-39H2,1H3/t40-,42?,57?,58?/m0/s1. The van der Waals surface area contributed by atoms with Crippen LogP contribution in [0.5, 0.6) is 0 Å². The van der Waals surface area contributed by atoms with Gasteiger partial charge < -0.3 is 0 Å². The minimum absolute atomic E-state index is 0.239. The molecule has 0 amide bonds. The van der Waals surface area contributed by atoms with Crippen LogP contribution in [0.4, 0.5) is 0 Å². The molecule has 0 heteroatoms. The van der Waals surface area contributed by atoms with Crippen molar-refractivity contribution in [2.45, 2.75) is 62.7 Å². The van der Waals surface area contributed by atoms with Gasteiger partial charge in [-0.25, -0.2) is 0 Å². The van der Waals surface area contributed by atoms with Crippen LogP contribution in [0.15, 0.2) is 200 Å². The summed E-state index contributed by atoms with van der Waals surface area (Å²) in [5, 5.41) is 0. The summed E-state index contributed by atoms with van der Waals surface area (Å²) in [7, 11) is 0. The maximum Gasteiger partial charge on any atom is 0.0139 e. The fourth-order valence-electron chi connectivity index (χ4n) is 10.9. The highest BCUT2D eigenvalue weighted by molar-refractivity contribution is 5.84. The van der Waals surface area contributed by atoms with Gasteiger partial charge in [-0.1, -0.05) is 201 Å². The molecule has 0 saturated carbocycles. The molecule has 3 aliphatic carbocycles. The molecule has 4 atom stereocenters. The summed E-state index contributed by atoms with van der Waals surface area (Å²) < 4.78 is 0. The maximum absolute atomic E-state index is 2.52. The lowest BCUT2D eigenvalue weighted by atomic mass is 9.65. The van der Waals surface area contributed by atoms with Crippen LogP contribution in [-0.4, -0.2) is 0 Å². The molecule has 8 aromatic carbocycles. The van der Waals surface area contributed by atoms with E-state index in [1.165, 1.54) is 114 Å². The Labute approximate surface area is 356 Å². The van der Waals surface area contributed by atoms with E-state index < -0.39 is 0 Å². The van der Waals surface area contributed by atoms with E-state index in [1.54, 1.807) is 0 Å². The predicted molar refractivity (Wildman–Crippen MR) is 252 cm³/mol. The average molecular weight is 771 g/mol. The van der Waals surface area contributed by atoms with Gasteiger partial charge >= 0.3 is 0 Å².